The van der Waals surface area contributed by atoms with Crippen LogP contribution in [0.4, 0.5) is 0 Å². The summed E-state index contributed by atoms with van der Waals surface area (Å²) in [5.74, 6) is -0.325. The summed E-state index contributed by atoms with van der Waals surface area (Å²) in [6, 6.07) is 12.8. The summed E-state index contributed by atoms with van der Waals surface area (Å²) in [6.45, 7) is 0.742. The lowest BCUT2D eigenvalue weighted by Crippen LogP contribution is -2.42. The molecule has 0 spiro atoms. The van der Waals surface area contributed by atoms with E-state index < -0.39 is 17.9 Å². The maximum Gasteiger partial charge on any atom is 0.326 e. The average molecular weight is 353 g/mol. The van der Waals surface area contributed by atoms with Crippen molar-refractivity contribution in [2.24, 2.45) is 0 Å². The van der Waals surface area contributed by atoms with Crippen LogP contribution in [0.1, 0.15) is 15.9 Å². The third-order valence-corrected chi connectivity index (χ3v) is 3.92. The number of hydrogen-bond acceptors (Lipinski definition) is 4. The Morgan fingerprint density at radius 2 is 1.69 bits per heavy atom. The van der Waals surface area contributed by atoms with Gasteiger partial charge < -0.3 is 19.9 Å². The number of benzene rings is 2. The summed E-state index contributed by atoms with van der Waals surface area (Å²) in [6.07, 6.45) is 3.86. The van der Waals surface area contributed by atoms with Gasteiger partial charge in [0.1, 0.15) is 30.8 Å². The maximum atomic E-state index is 12.4. The van der Waals surface area contributed by atoms with Gasteiger partial charge in [-0.3, -0.25) is 4.79 Å². The first-order chi connectivity index (χ1) is 12.6. The largest absolute Gasteiger partial charge is 0.490 e. The van der Waals surface area contributed by atoms with Crippen LogP contribution < -0.4 is 14.8 Å². The second kappa shape index (κ2) is 8.20. The number of nitrogens with one attached hydrogen (secondary N) is 1. The molecule has 1 atom stereocenters. The van der Waals surface area contributed by atoms with Gasteiger partial charge in [-0.2, -0.15) is 0 Å². The third kappa shape index (κ3) is 4.63. The highest BCUT2D eigenvalue weighted by Gasteiger charge is 2.21. The molecule has 1 amide bonds. The number of carbonyl (C=O) groups excluding carboxylic acids is 1. The van der Waals surface area contributed by atoms with Gasteiger partial charge in [-0.15, -0.1) is 0 Å². The van der Waals surface area contributed by atoms with Crippen molar-refractivity contribution < 1.29 is 24.2 Å². The molecule has 6 heteroatoms. The van der Waals surface area contributed by atoms with E-state index in [1.165, 1.54) is 0 Å². The highest BCUT2D eigenvalue weighted by atomic mass is 16.5. The monoisotopic (exact) mass is 353 g/mol. The Morgan fingerprint density at radius 1 is 1.00 bits per heavy atom. The summed E-state index contributed by atoms with van der Waals surface area (Å²) in [7, 11) is 0. The van der Waals surface area contributed by atoms with E-state index in [0.29, 0.717) is 30.3 Å². The molecule has 2 aliphatic rings. The van der Waals surface area contributed by atoms with Gasteiger partial charge in [0.2, 0.25) is 0 Å². The van der Waals surface area contributed by atoms with E-state index in [4.69, 9.17) is 9.47 Å². The first-order valence-electron chi connectivity index (χ1n) is 8.25. The van der Waals surface area contributed by atoms with E-state index in [1.54, 1.807) is 48.5 Å². The molecule has 0 aromatic heterocycles. The number of amides is 1. The number of carboxylic acid groups (broad SMARTS) is 1. The molecule has 2 aromatic rings. The SMILES string of the molecule is O=C1N[C@H](C(=O)O)Cc2ccc(cc2)OC/C=C\COc2cccc1c2. The van der Waals surface area contributed by atoms with Crippen molar-refractivity contribution in [3.63, 3.8) is 0 Å². The third-order valence-electron chi connectivity index (χ3n) is 3.92. The van der Waals surface area contributed by atoms with Crippen LogP contribution in [0.25, 0.3) is 0 Å². The second-order valence-electron chi connectivity index (χ2n) is 5.83. The number of ether oxygens (including phenoxy) is 2. The van der Waals surface area contributed by atoms with Crippen LogP contribution in [0, 0.1) is 0 Å². The molecule has 2 aromatic carbocycles. The first kappa shape index (κ1) is 17.5. The molecule has 0 saturated carbocycles. The van der Waals surface area contributed by atoms with Crippen molar-refractivity contribution in [2.75, 3.05) is 13.2 Å². The van der Waals surface area contributed by atoms with Gasteiger partial charge in [-0.25, -0.2) is 4.79 Å². The quantitative estimate of drug-likeness (QED) is 0.769. The van der Waals surface area contributed by atoms with Crippen molar-refractivity contribution >= 4 is 11.9 Å². The predicted octanol–water partition coefficient (Wildman–Crippen LogP) is 2.44. The van der Waals surface area contributed by atoms with Crippen LogP contribution in [-0.4, -0.2) is 36.2 Å². The normalized spacial score (nSPS) is 18.8. The van der Waals surface area contributed by atoms with E-state index in [2.05, 4.69) is 5.32 Å². The lowest BCUT2D eigenvalue weighted by molar-refractivity contribution is -0.139. The molecule has 0 fully saturated rings. The minimum atomic E-state index is -1.09. The van der Waals surface area contributed by atoms with Crippen molar-refractivity contribution in [1.82, 2.24) is 5.32 Å². The Balaban J connectivity index is 1.87. The molecule has 134 valence electrons. The molecule has 2 heterocycles. The number of aliphatic carboxylic acids is 1. The van der Waals surface area contributed by atoms with Crippen LogP contribution in [-0.2, 0) is 11.2 Å². The number of fused-ring (bicyclic) bond motifs is 9. The van der Waals surface area contributed by atoms with Gasteiger partial charge >= 0.3 is 5.97 Å². The zero-order valence-corrected chi connectivity index (χ0v) is 14.1. The Labute approximate surface area is 151 Å². The lowest BCUT2D eigenvalue weighted by atomic mass is 10.1. The Hall–Kier alpha value is -3.28. The van der Waals surface area contributed by atoms with Crippen molar-refractivity contribution in [2.45, 2.75) is 12.5 Å². The Bertz CT molecular complexity index is 813. The standard InChI is InChI=1S/C20H19NO5/c22-19-15-4-3-5-17(13-15)26-11-2-1-10-25-16-8-6-14(7-9-16)12-18(21-19)20(23)24/h1-9,13,18H,10-12H2,(H,21,22)(H,23,24)/b2-1-/t18-/m0/s1. The second-order valence-corrected chi connectivity index (χ2v) is 5.83. The van der Waals surface area contributed by atoms with E-state index in [9.17, 15) is 14.7 Å². The van der Waals surface area contributed by atoms with Gasteiger partial charge in [0.15, 0.2) is 0 Å². The zero-order chi connectivity index (χ0) is 18.4. The Kier molecular flexibility index (Phi) is 5.53. The topological polar surface area (TPSA) is 84.9 Å². The molecule has 2 N–H and O–H groups in total. The molecule has 4 bridgehead atoms. The first-order valence-corrected chi connectivity index (χ1v) is 8.25. The van der Waals surface area contributed by atoms with Crippen LogP contribution in [0.15, 0.2) is 60.7 Å². The predicted molar refractivity (Wildman–Crippen MR) is 95.6 cm³/mol. The molecule has 26 heavy (non-hydrogen) atoms. The summed E-state index contributed by atoms with van der Waals surface area (Å²) in [4.78, 5) is 24.0. The highest BCUT2D eigenvalue weighted by Crippen LogP contribution is 2.16. The molecule has 0 aliphatic carbocycles. The van der Waals surface area contributed by atoms with Crippen LogP contribution in [0.3, 0.4) is 0 Å². The van der Waals surface area contributed by atoms with Crippen LogP contribution in [0.2, 0.25) is 0 Å². The molecule has 0 radical (unpaired) electrons. The molecule has 0 saturated heterocycles. The lowest BCUT2D eigenvalue weighted by Gasteiger charge is -2.15. The number of hydrogen-bond donors (Lipinski definition) is 2. The van der Waals surface area contributed by atoms with Crippen LogP contribution in [0.5, 0.6) is 11.5 Å². The highest BCUT2D eigenvalue weighted by molar-refractivity contribution is 5.97. The number of carbonyl (C=O) groups is 2. The molecule has 6 nitrogen and oxygen atoms in total. The van der Waals surface area contributed by atoms with E-state index in [0.717, 1.165) is 5.56 Å². The minimum absolute atomic E-state index is 0.178. The zero-order valence-electron chi connectivity index (χ0n) is 14.1. The molecule has 2 aliphatic heterocycles. The van der Waals surface area contributed by atoms with Gasteiger partial charge in [-0.1, -0.05) is 18.2 Å². The number of carboxylic acids is 1. The Morgan fingerprint density at radius 3 is 2.38 bits per heavy atom. The molecular formula is C20H19NO5. The number of rotatable bonds is 1. The molecular weight excluding hydrogens is 334 g/mol. The summed E-state index contributed by atoms with van der Waals surface area (Å²) < 4.78 is 11.2. The minimum Gasteiger partial charge on any atom is -0.490 e. The molecule has 4 rings (SSSR count). The van der Waals surface area contributed by atoms with E-state index in [-0.39, 0.29) is 6.42 Å². The van der Waals surface area contributed by atoms with Crippen molar-refractivity contribution in [3.05, 3.63) is 71.8 Å². The summed E-state index contributed by atoms with van der Waals surface area (Å²) in [5.41, 5.74) is 1.14. The van der Waals surface area contributed by atoms with Gasteiger partial charge in [0.25, 0.3) is 5.91 Å². The van der Waals surface area contributed by atoms with Gasteiger partial charge in [0.05, 0.1) is 0 Å². The van der Waals surface area contributed by atoms with E-state index in [1.807, 2.05) is 12.2 Å². The fraction of sp³-hybridized carbons (Fsp3) is 0.200. The van der Waals surface area contributed by atoms with Crippen molar-refractivity contribution in [3.8, 4) is 11.5 Å². The average Bonchev–Trinajstić information content (AvgIpc) is 2.65. The van der Waals surface area contributed by atoms with Gasteiger partial charge in [-0.05, 0) is 48.0 Å². The maximum absolute atomic E-state index is 12.4. The van der Waals surface area contributed by atoms with E-state index >= 15 is 0 Å². The van der Waals surface area contributed by atoms with Crippen LogP contribution >= 0.6 is 0 Å². The fourth-order valence-corrected chi connectivity index (χ4v) is 2.55. The molecule has 0 unspecified atom stereocenters. The van der Waals surface area contributed by atoms with Gasteiger partial charge in [0, 0.05) is 12.0 Å². The van der Waals surface area contributed by atoms with Crippen molar-refractivity contribution in [1.29, 1.82) is 0 Å². The summed E-state index contributed by atoms with van der Waals surface area (Å²) in [5, 5.41) is 12.0. The summed E-state index contributed by atoms with van der Waals surface area (Å²) >= 11 is 0. The fourth-order valence-electron chi connectivity index (χ4n) is 2.55. The smallest absolute Gasteiger partial charge is 0.326 e.